The van der Waals surface area contributed by atoms with Gasteiger partial charge < -0.3 is 5.32 Å². The van der Waals surface area contributed by atoms with Crippen LogP contribution in [0.4, 0.5) is 0 Å². The van der Waals surface area contributed by atoms with Gasteiger partial charge in [0, 0.05) is 0 Å². The molecule has 1 nitrogen and oxygen atoms in total. The first kappa shape index (κ1) is 13.2. The van der Waals surface area contributed by atoms with Crippen LogP contribution in [-0.4, -0.2) is 13.1 Å². The van der Waals surface area contributed by atoms with Gasteiger partial charge in [0.2, 0.25) is 0 Å². The van der Waals surface area contributed by atoms with Crippen molar-refractivity contribution >= 4 is 0 Å². The van der Waals surface area contributed by atoms with E-state index in [0.29, 0.717) is 0 Å². The molecule has 90 valence electrons. The largest absolute Gasteiger partial charge is 0.317 e. The molecule has 1 aliphatic rings. The number of piperidine rings is 1. The van der Waals surface area contributed by atoms with E-state index in [4.69, 9.17) is 0 Å². The Balaban J connectivity index is 0.000000386. The molecule has 1 N–H and O–H groups in total. The standard InChI is InChI=1S/C12H17N.C3H8/c1-2-4-11(5-3-1)10-12-6-8-13-9-7-12;1-3-2/h1-5,12-13H,6-10H2;3H2,1-2H3. The normalized spacial score (nSPS) is 16.4. The third-order valence-electron chi connectivity index (χ3n) is 2.83. The van der Waals surface area contributed by atoms with Crippen molar-refractivity contribution in [3.8, 4) is 0 Å². The lowest BCUT2D eigenvalue weighted by molar-refractivity contribution is 0.372. The molecular formula is C15H25N. The van der Waals surface area contributed by atoms with Crippen LogP contribution >= 0.6 is 0 Å². The fraction of sp³-hybridized carbons (Fsp3) is 0.600. The van der Waals surface area contributed by atoms with Gasteiger partial charge in [-0.3, -0.25) is 0 Å². The Kier molecular flexibility index (Phi) is 6.91. The van der Waals surface area contributed by atoms with Crippen LogP contribution in [0.5, 0.6) is 0 Å². The lowest BCUT2D eigenvalue weighted by atomic mass is 9.91. The van der Waals surface area contributed by atoms with Gasteiger partial charge >= 0.3 is 0 Å². The van der Waals surface area contributed by atoms with Crippen LogP contribution in [0.3, 0.4) is 0 Å². The number of rotatable bonds is 2. The minimum atomic E-state index is 0.906. The Hall–Kier alpha value is -0.820. The summed E-state index contributed by atoms with van der Waals surface area (Å²) in [4.78, 5) is 0. The molecule has 1 heteroatoms. The number of nitrogens with one attached hydrogen (secondary N) is 1. The Morgan fingerprint density at radius 3 is 2.19 bits per heavy atom. The van der Waals surface area contributed by atoms with Gasteiger partial charge in [0.1, 0.15) is 0 Å². The highest BCUT2D eigenvalue weighted by molar-refractivity contribution is 5.15. The van der Waals surface area contributed by atoms with Crippen molar-refractivity contribution in [1.82, 2.24) is 5.32 Å². The molecule has 0 radical (unpaired) electrons. The van der Waals surface area contributed by atoms with Crippen LogP contribution in [0, 0.1) is 5.92 Å². The number of hydrogen-bond acceptors (Lipinski definition) is 1. The summed E-state index contributed by atoms with van der Waals surface area (Å²) in [6.45, 7) is 6.66. The summed E-state index contributed by atoms with van der Waals surface area (Å²) in [5.41, 5.74) is 1.49. The summed E-state index contributed by atoms with van der Waals surface area (Å²) < 4.78 is 0. The summed E-state index contributed by atoms with van der Waals surface area (Å²) >= 11 is 0. The van der Waals surface area contributed by atoms with Crippen molar-refractivity contribution in [3.63, 3.8) is 0 Å². The maximum atomic E-state index is 3.40. The van der Waals surface area contributed by atoms with Gasteiger partial charge in [0.05, 0.1) is 0 Å². The fourth-order valence-corrected chi connectivity index (χ4v) is 2.03. The number of hydrogen-bond donors (Lipinski definition) is 1. The van der Waals surface area contributed by atoms with E-state index in [1.54, 1.807) is 0 Å². The van der Waals surface area contributed by atoms with E-state index in [1.807, 2.05) is 0 Å². The summed E-state index contributed by atoms with van der Waals surface area (Å²) in [6, 6.07) is 10.8. The predicted octanol–water partition coefficient (Wildman–Crippen LogP) is 3.65. The highest BCUT2D eigenvalue weighted by Gasteiger charge is 2.12. The monoisotopic (exact) mass is 219 g/mol. The Morgan fingerprint density at radius 2 is 1.62 bits per heavy atom. The summed E-state index contributed by atoms with van der Waals surface area (Å²) in [7, 11) is 0. The molecule has 0 bridgehead atoms. The smallest absolute Gasteiger partial charge is 0.00462 e. The highest BCUT2D eigenvalue weighted by atomic mass is 14.9. The Morgan fingerprint density at radius 1 is 1.06 bits per heavy atom. The van der Waals surface area contributed by atoms with Crippen molar-refractivity contribution < 1.29 is 0 Å². The van der Waals surface area contributed by atoms with E-state index in [-0.39, 0.29) is 0 Å². The van der Waals surface area contributed by atoms with Gasteiger partial charge in [-0.15, -0.1) is 0 Å². The Labute approximate surface area is 100 Å². The molecule has 1 aliphatic heterocycles. The first-order valence-corrected chi connectivity index (χ1v) is 6.61. The second-order valence-corrected chi connectivity index (χ2v) is 4.59. The van der Waals surface area contributed by atoms with Crippen molar-refractivity contribution in [2.24, 2.45) is 5.92 Å². The van der Waals surface area contributed by atoms with E-state index in [0.717, 1.165) is 5.92 Å². The first-order chi connectivity index (χ1) is 7.86. The maximum absolute atomic E-state index is 3.40. The Bertz CT molecular complexity index is 249. The van der Waals surface area contributed by atoms with E-state index < -0.39 is 0 Å². The molecule has 0 unspecified atom stereocenters. The van der Waals surface area contributed by atoms with Crippen molar-refractivity contribution in [2.45, 2.75) is 39.5 Å². The molecule has 0 spiro atoms. The third-order valence-corrected chi connectivity index (χ3v) is 2.83. The van der Waals surface area contributed by atoms with Gasteiger partial charge in [0.15, 0.2) is 0 Å². The molecule has 16 heavy (non-hydrogen) atoms. The van der Waals surface area contributed by atoms with E-state index in [9.17, 15) is 0 Å². The van der Waals surface area contributed by atoms with E-state index >= 15 is 0 Å². The lowest BCUT2D eigenvalue weighted by Crippen LogP contribution is -2.28. The van der Waals surface area contributed by atoms with Crippen LogP contribution in [0.1, 0.15) is 38.7 Å². The molecular weight excluding hydrogens is 194 g/mol. The van der Waals surface area contributed by atoms with Crippen LogP contribution < -0.4 is 5.32 Å². The first-order valence-electron chi connectivity index (χ1n) is 6.61. The fourth-order valence-electron chi connectivity index (χ4n) is 2.03. The second-order valence-electron chi connectivity index (χ2n) is 4.59. The van der Waals surface area contributed by atoms with E-state index in [2.05, 4.69) is 49.5 Å². The summed E-state index contributed by atoms with van der Waals surface area (Å²) in [5.74, 6) is 0.906. The molecule has 0 saturated carbocycles. The van der Waals surface area contributed by atoms with Crippen molar-refractivity contribution in [2.75, 3.05) is 13.1 Å². The summed E-state index contributed by atoms with van der Waals surface area (Å²) in [5, 5.41) is 3.40. The van der Waals surface area contributed by atoms with Crippen LogP contribution in [0.25, 0.3) is 0 Å². The molecule has 0 aliphatic carbocycles. The molecule has 1 aromatic carbocycles. The zero-order chi connectivity index (χ0) is 11.6. The van der Waals surface area contributed by atoms with Gasteiger partial charge in [-0.2, -0.15) is 0 Å². The van der Waals surface area contributed by atoms with Gasteiger partial charge in [-0.1, -0.05) is 50.6 Å². The molecule has 0 aromatic heterocycles. The predicted molar refractivity (Wildman–Crippen MR) is 71.7 cm³/mol. The summed E-state index contributed by atoms with van der Waals surface area (Å²) in [6.07, 6.45) is 5.20. The van der Waals surface area contributed by atoms with Crippen molar-refractivity contribution in [1.29, 1.82) is 0 Å². The zero-order valence-electron chi connectivity index (χ0n) is 10.7. The molecule has 2 rings (SSSR count). The quantitative estimate of drug-likeness (QED) is 0.800. The van der Waals surface area contributed by atoms with Gasteiger partial charge in [0.25, 0.3) is 0 Å². The van der Waals surface area contributed by atoms with Gasteiger partial charge in [-0.25, -0.2) is 0 Å². The van der Waals surface area contributed by atoms with Crippen LogP contribution in [0.2, 0.25) is 0 Å². The van der Waals surface area contributed by atoms with Crippen molar-refractivity contribution in [3.05, 3.63) is 35.9 Å². The molecule has 1 saturated heterocycles. The zero-order valence-corrected chi connectivity index (χ0v) is 10.7. The average molecular weight is 219 g/mol. The number of benzene rings is 1. The lowest BCUT2D eigenvalue weighted by Gasteiger charge is -2.22. The third kappa shape index (κ3) is 5.32. The minimum Gasteiger partial charge on any atom is -0.317 e. The average Bonchev–Trinajstić information content (AvgIpc) is 2.33. The molecule has 0 amide bonds. The molecule has 0 atom stereocenters. The molecule has 1 aromatic rings. The SMILES string of the molecule is CCC.c1ccc(CC2CCNCC2)cc1. The molecule has 1 heterocycles. The topological polar surface area (TPSA) is 12.0 Å². The highest BCUT2D eigenvalue weighted by Crippen LogP contribution is 2.17. The van der Waals surface area contributed by atoms with Crippen LogP contribution in [0.15, 0.2) is 30.3 Å². The van der Waals surface area contributed by atoms with Crippen LogP contribution in [-0.2, 0) is 6.42 Å². The maximum Gasteiger partial charge on any atom is -0.00462 e. The van der Waals surface area contributed by atoms with E-state index in [1.165, 1.54) is 44.3 Å². The second kappa shape index (κ2) is 8.35. The van der Waals surface area contributed by atoms with Gasteiger partial charge in [-0.05, 0) is 43.8 Å². The minimum absolute atomic E-state index is 0.906. The molecule has 1 fully saturated rings.